The van der Waals surface area contributed by atoms with E-state index in [9.17, 15) is 13.2 Å². The minimum Gasteiger partial charge on any atom is -0.481 e. The Labute approximate surface area is 185 Å². The number of carboxylic acid groups (broad SMARTS) is 1. The first-order valence-electron chi connectivity index (χ1n) is 10.8. The summed E-state index contributed by atoms with van der Waals surface area (Å²) >= 11 is 6.07. The largest absolute Gasteiger partial charge is 0.481 e. The van der Waals surface area contributed by atoms with Gasteiger partial charge in [-0.1, -0.05) is 23.8 Å². The standard InChI is InChI=1S/C23H32ClNO4S/c1-15-12-19(24)13-16(2)23(15)30(28,29)25-14-21-18-10-8-17(9-11-18)20(21)6-4-3-5-7-22(26)27/h4,6,12-13,17-18,20-21,25H,3,5,7-11,14H2,1-2H3,(H,26,27)/b6-4-. The van der Waals surface area contributed by atoms with Crippen molar-refractivity contribution in [2.24, 2.45) is 23.7 Å². The van der Waals surface area contributed by atoms with E-state index < -0.39 is 16.0 Å². The van der Waals surface area contributed by atoms with Gasteiger partial charge in [0.05, 0.1) is 4.90 Å². The van der Waals surface area contributed by atoms with E-state index in [0.717, 1.165) is 6.42 Å². The molecule has 1 aromatic rings. The van der Waals surface area contributed by atoms with Crippen LogP contribution in [0, 0.1) is 37.5 Å². The van der Waals surface area contributed by atoms with Crippen molar-refractivity contribution < 1.29 is 18.3 Å². The first-order chi connectivity index (χ1) is 14.2. The first-order valence-corrected chi connectivity index (χ1v) is 12.7. The molecule has 0 amide bonds. The quantitative estimate of drug-likeness (QED) is 0.402. The maximum Gasteiger partial charge on any atom is 0.303 e. The summed E-state index contributed by atoms with van der Waals surface area (Å²) in [5.41, 5.74) is 1.32. The van der Waals surface area contributed by atoms with Crippen LogP contribution in [0.3, 0.4) is 0 Å². The van der Waals surface area contributed by atoms with Crippen LogP contribution in [0.15, 0.2) is 29.2 Å². The van der Waals surface area contributed by atoms with Crippen LogP contribution in [0.25, 0.3) is 0 Å². The molecule has 0 heterocycles. The van der Waals surface area contributed by atoms with Crippen molar-refractivity contribution in [3.05, 3.63) is 40.4 Å². The Morgan fingerprint density at radius 1 is 1.17 bits per heavy atom. The molecule has 166 valence electrons. The summed E-state index contributed by atoms with van der Waals surface area (Å²) < 4.78 is 29.0. The zero-order chi connectivity index (χ0) is 21.9. The van der Waals surface area contributed by atoms with E-state index in [1.165, 1.54) is 25.7 Å². The van der Waals surface area contributed by atoms with Crippen LogP contribution >= 0.6 is 11.6 Å². The predicted molar refractivity (Wildman–Crippen MR) is 119 cm³/mol. The van der Waals surface area contributed by atoms with E-state index in [1.807, 2.05) is 0 Å². The van der Waals surface area contributed by atoms with Crippen LogP contribution < -0.4 is 4.72 Å². The number of allylic oxidation sites excluding steroid dienone is 2. The normalized spacial score (nSPS) is 26.4. The lowest BCUT2D eigenvalue weighted by atomic mass is 9.58. The summed E-state index contributed by atoms with van der Waals surface area (Å²) in [6, 6.07) is 3.38. The second-order valence-corrected chi connectivity index (χ2v) is 11.0. The van der Waals surface area contributed by atoms with Gasteiger partial charge in [-0.15, -0.1) is 0 Å². The van der Waals surface area contributed by atoms with Gasteiger partial charge in [-0.3, -0.25) is 4.79 Å². The van der Waals surface area contributed by atoms with Crippen molar-refractivity contribution in [3.8, 4) is 0 Å². The van der Waals surface area contributed by atoms with Crippen LogP contribution in [0.1, 0.15) is 56.1 Å². The fourth-order valence-corrected chi connectivity index (χ4v) is 7.30. The van der Waals surface area contributed by atoms with Gasteiger partial charge in [0.25, 0.3) is 0 Å². The molecule has 7 heteroatoms. The summed E-state index contributed by atoms with van der Waals surface area (Å²) in [5.74, 6) is 1.02. The van der Waals surface area contributed by atoms with Gasteiger partial charge in [-0.2, -0.15) is 0 Å². The van der Waals surface area contributed by atoms with Gasteiger partial charge in [0.15, 0.2) is 0 Å². The van der Waals surface area contributed by atoms with Crippen molar-refractivity contribution >= 4 is 27.6 Å². The van der Waals surface area contributed by atoms with E-state index in [4.69, 9.17) is 16.7 Å². The molecule has 3 fully saturated rings. The van der Waals surface area contributed by atoms with E-state index in [-0.39, 0.29) is 12.3 Å². The predicted octanol–water partition coefficient (Wildman–Crippen LogP) is 5.10. The molecule has 4 rings (SSSR count). The number of carboxylic acids is 1. The Morgan fingerprint density at radius 3 is 2.37 bits per heavy atom. The molecule has 0 aliphatic heterocycles. The zero-order valence-electron chi connectivity index (χ0n) is 17.7. The Kier molecular flexibility index (Phi) is 7.64. The third-order valence-corrected chi connectivity index (χ3v) is 8.73. The molecular weight excluding hydrogens is 422 g/mol. The minimum atomic E-state index is -3.61. The second-order valence-electron chi connectivity index (χ2n) is 8.85. The number of sulfonamides is 1. The van der Waals surface area contributed by atoms with Crippen molar-refractivity contribution in [2.45, 2.75) is 63.7 Å². The first kappa shape index (κ1) is 23.3. The van der Waals surface area contributed by atoms with Gasteiger partial charge in [0.2, 0.25) is 10.0 Å². The molecule has 3 aliphatic carbocycles. The molecule has 2 unspecified atom stereocenters. The van der Waals surface area contributed by atoms with E-state index in [0.29, 0.717) is 51.8 Å². The molecule has 2 atom stereocenters. The smallest absolute Gasteiger partial charge is 0.303 e. The molecule has 0 radical (unpaired) electrons. The fourth-order valence-electron chi connectivity index (χ4n) is 5.45. The summed E-state index contributed by atoms with van der Waals surface area (Å²) in [4.78, 5) is 11.0. The minimum absolute atomic E-state index is 0.185. The molecule has 0 spiro atoms. The van der Waals surface area contributed by atoms with Crippen LogP contribution in [-0.2, 0) is 14.8 Å². The van der Waals surface area contributed by atoms with Gasteiger partial charge in [-0.25, -0.2) is 13.1 Å². The van der Waals surface area contributed by atoms with Gasteiger partial charge < -0.3 is 5.11 Å². The fraction of sp³-hybridized carbons (Fsp3) is 0.609. The van der Waals surface area contributed by atoms with Crippen molar-refractivity contribution in [3.63, 3.8) is 0 Å². The third-order valence-electron chi connectivity index (χ3n) is 6.78. The van der Waals surface area contributed by atoms with Crippen LogP contribution in [-0.4, -0.2) is 26.0 Å². The summed E-state index contributed by atoms with van der Waals surface area (Å²) in [7, 11) is -3.61. The lowest BCUT2D eigenvalue weighted by Gasteiger charge is -2.48. The zero-order valence-corrected chi connectivity index (χ0v) is 19.3. The molecule has 30 heavy (non-hydrogen) atoms. The number of aryl methyl sites for hydroxylation is 2. The highest BCUT2D eigenvalue weighted by Gasteiger charge is 2.42. The lowest BCUT2D eigenvalue weighted by molar-refractivity contribution is -0.137. The molecule has 5 nitrogen and oxygen atoms in total. The number of rotatable bonds is 9. The highest BCUT2D eigenvalue weighted by molar-refractivity contribution is 7.89. The van der Waals surface area contributed by atoms with E-state index in [2.05, 4.69) is 16.9 Å². The number of carbonyl (C=O) groups is 1. The second kappa shape index (κ2) is 9.84. The number of nitrogens with one attached hydrogen (secondary N) is 1. The SMILES string of the molecule is Cc1cc(Cl)cc(C)c1S(=O)(=O)NCC1C2CCC(CC2)C1/C=C\CCCC(=O)O. The number of halogens is 1. The number of benzene rings is 1. The van der Waals surface area contributed by atoms with E-state index in [1.54, 1.807) is 26.0 Å². The molecule has 0 saturated heterocycles. The van der Waals surface area contributed by atoms with Gasteiger partial charge in [0.1, 0.15) is 0 Å². The van der Waals surface area contributed by atoms with Crippen LogP contribution in [0.2, 0.25) is 5.02 Å². The maximum absolute atomic E-state index is 13.1. The Morgan fingerprint density at radius 2 is 1.77 bits per heavy atom. The molecular formula is C23H32ClNO4S. The van der Waals surface area contributed by atoms with E-state index >= 15 is 0 Å². The molecule has 1 aromatic carbocycles. The monoisotopic (exact) mass is 453 g/mol. The van der Waals surface area contributed by atoms with Crippen molar-refractivity contribution in [1.29, 1.82) is 0 Å². The highest BCUT2D eigenvalue weighted by atomic mass is 35.5. The average Bonchev–Trinajstić information content (AvgIpc) is 2.66. The topological polar surface area (TPSA) is 83.5 Å². The number of unbranched alkanes of at least 4 members (excludes halogenated alkanes) is 1. The summed E-state index contributed by atoms with van der Waals surface area (Å²) in [6.45, 7) is 3.99. The molecule has 2 bridgehead atoms. The van der Waals surface area contributed by atoms with Crippen molar-refractivity contribution in [2.75, 3.05) is 6.54 Å². The third kappa shape index (κ3) is 5.45. The Hall–Kier alpha value is -1.37. The maximum atomic E-state index is 13.1. The van der Waals surface area contributed by atoms with Crippen LogP contribution in [0.4, 0.5) is 0 Å². The van der Waals surface area contributed by atoms with Gasteiger partial charge >= 0.3 is 5.97 Å². The molecule has 3 aliphatic rings. The lowest BCUT2D eigenvalue weighted by Crippen LogP contribution is -2.45. The highest BCUT2D eigenvalue weighted by Crippen LogP contribution is 2.49. The number of fused-ring (bicyclic) bond motifs is 3. The molecule has 3 saturated carbocycles. The summed E-state index contributed by atoms with van der Waals surface area (Å²) in [6.07, 6.45) is 10.6. The molecule has 0 aromatic heterocycles. The van der Waals surface area contributed by atoms with Gasteiger partial charge in [-0.05, 0) is 99.3 Å². The number of hydrogen-bond donors (Lipinski definition) is 2. The summed E-state index contributed by atoms with van der Waals surface area (Å²) in [5, 5.41) is 9.33. The number of hydrogen-bond acceptors (Lipinski definition) is 3. The van der Waals surface area contributed by atoms with Gasteiger partial charge in [0, 0.05) is 18.0 Å². The number of aliphatic carboxylic acids is 1. The van der Waals surface area contributed by atoms with Crippen molar-refractivity contribution in [1.82, 2.24) is 4.72 Å². The average molecular weight is 454 g/mol. The molecule has 2 N–H and O–H groups in total. The Balaban J connectivity index is 1.70. The Bertz CT molecular complexity index is 881. The van der Waals surface area contributed by atoms with Crippen LogP contribution in [0.5, 0.6) is 0 Å².